The number of carbonyl (C=O) groups is 1. The van der Waals surface area contributed by atoms with Crippen LogP contribution < -0.4 is 0 Å². The predicted octanol–water partition coefficient (Wildman–Crippen LogP) is 3.29. The van der Waals surface area contributed by atoms with Gasteiger partial charge in [-0.15, -0.1) is 0 Å². The third kappa shape index (κ3) is 4.42. The molecule has 0 heterocycles. The van der Waals surface area contributed by atoms with Crippen LogP contribution in [0.15, 0.2) is 48.5 Å². The molecule has 22 heavy (non-hydrogen) atoms. The predicted molar refractivity (Wildman–Crippen MR) is 82.4 cm³/mol. The monoisotopic (exact) mass is 296 g/mol. The van der Waals surface area contributed by atoms with Crippen LogP contribution in [0.5, 0.6) is 0 Å². The second kappa shape index (κ2) is 7.37. The average Bonchev–Trinajstić information content (AvgIpc) is 2.54. The molecule has 3 nitrogen and oxygen atoms in total. The van der Waals surface area contributed by atoms with E-state index in [0.29, 0.717) is 24.9 Å². The molecule has 0 spiro atoms. The van der Waals surface area contributed by atoms with Crippen molar-refractivity contribution >= 4 is 5.91 Å². The second-order valence-corrected chi connectivity index (χ2v) is 5.18. The van der Waals surface area contributed by atoms with E-state index in [4.69, 9.17) is 5.26 Å². The van der Waals surface area contributed by atoms with Crippen molar-refractivity contribution in [3.63, 3.8) is 0 Å². The smallest absolute Gasteiger partial charge is 0.222 e. The van der Waals surface area contributed by atoms with Crippen LogP contribution in [0.4, 0.5) is 4.39 Å². The van der Waals surface area contributed by atoms with Crippen molar-refractivity contribution < 1.29 is 9.18 Å². The van der Waals surface area contributed by atoms with Crippen LogP contribution in [-0.4, -0.2) is 17.9 Å². The van der Waals surface area contributed by atoms with E-state index in [-0.39, 0.29) is 11.7 Å². The van der Waals surface area contributed by atoms with Crippen LogP contribution in [-0.2, 0) is 17.8 Å². The SMILES string of the molecule is CN(Cc1ccc(C#N)cc1)C(=O)CCc1ccc(F)cc1. The quantitative estimate of drug-likeness (QED) is 0.850. The van der Waals surface area contributed by atoms with E-state index in [1.807, 2.05) is 12.1 Å². The number of nitrogens with zero attached hydrogens (tertiary/aromatic N) is 2. The summed E-state index contributed by atoms with van der Waals surface area (Å²) < 4.78 is 12.8. The minimum absolute atomic E-state index is 0.0358. The van der Waals surface area contributed by atoms with Crippen LogP contribution >= 0.6 is 0 Å². The molecule has 0 fully saturated rings. The molecular formula is C18H17FN2O. The maximum Gasteiger partial charge on any atom is 0.222 e. The Bertz CT molecular complexity index is 672. The van der Waals surface area contributed by atoms with E-state index in [9.17, 15) is 9.18 Å². The van der Waals surface area contributed by atoms with Gasteiger partial charge in [0.05, 0.1) is 11.6 Å². The Labute approximate surface area is 129 Å². The van der Waals surface area contributed by atoms with Gasteiger partial charge in [0.15, 0.2) is 0 Å². The summed E-state index contributed by atoms with van der Waals surface area (Å²) in [5, 5.41) is 8.76. The highest BCUT2D eigenvalue weighted by atomic mass is 19.1. The standard InChI is InChI=1S/C18H17FN2O/c1-21(13-16-4-2-15(12-20)3-5-16)18(22)11-8-14-6-9-17(19)10-7-14/h2-7,9-10H,8,11,13H2,1H3. The van der Waals surface area contributed by atoms with Gasteiger partial charge in [0.25, 0.3) is 0 Å². The fourth-order valence-electron chi connectivity index (χ4n) is 2.14. The number of nitriles is 1. The third-order valence-electron chi connectivity index (χ3n) is 3.47. The molecule has 112 valence electrons. The minimum Gasteiger partial charge on any atom is -0.341 e. The first kappa shape index (κ1) is 15.7. The van der Waals surface area contributed by atoms with E-state index >= 15 is 0 Å². The number of hydrogen-bond donors (Lipinski definition) is 0. The Morgan fingerprint density at radius 1 is 1.09 bits per heavy atom. The maximum atomic E-state index is 12.8. The lowest BCUT2D eigenvalue weighted by atomic mass is 10.1. The molecule has 4 heteroatoms. The summed E-state index contributed by atoms with van der Waals surface area (Å²) in [6.45, 7) is 0.508. The summed E-state index contributed by atoms with van der Waals surface area (Å²) in [6.07, 6.45) is 0.981. The lowest BCUT2D eigenvalue weighted by Gasteiger charge is -2.17. The number of amides is 1. The van der Waals surface area contributed by atoms with E-state index in [1.54, 1.807) is 36.2 Å². The molecule has 1 amide bonds. The Morgan fingerprint density at radius 2 is 1.68 bits per heavy atom. The highest BCUT2D eigenvalue weighted by Gasteiger charge is 2.09. The van der Waals surface area contributed by atoms with Crippen LogP contribution in [0.2, 0.25) is 0 Å². The van der Waals surface area contributed by atoms with Gasteiger partial charge >= 0.3 is 0 Å². The van der Waals surface area contributed by atoms with Crippen molar-refractivity contribution in [2.24, 2.45) is 0 Å². The Balaban J connectivity index is 1.86. The maximum absolute atomic E-state index is 12.8. The highest BCUT2D eigenvalue weighted by molar-refractivity contribution is 5.76. The molecule has 0 radical (unpaired) electrons. The number of hydrogen-bond acceptors (Lipinski definition) is 2. The summed E-state index contributed by atoms with van der Waals surface area (Å²) in [5.74, 6) is -0.235. The molecule has 0 aliphatic heterocycles. The van der Waals surface area contributed by atoms with Gasteiger partial charge in [0.2, 0.25) is 5.91 Å². The molecule has 2 aromatic carbocycles. The van der Waals surface area contributed by atoms with Crippen molar-refractivity contribution in [3.8, 4) is 6.07 Å². The lowest BCUT2D eigenvalue weighted by Crippen LogP contribution is -2.26. The van der Waals surface area contributed by atoms with Gasteiger partial charge in [-0.3, -0.25) is 4.79 Å². The zero-order valence-corrected chi connectivity index (χ0v) is 12.4. The highest BCUT2D eigenvalue weighted by Crippen LogP contribution is 2.09. The Kier molecular flexibility index (Phi) is 5.26. The molecule has 2 rings (SSSR count). The zero-order chi connectivity index (χ0) is 15.9. The fourth-order valence-corrected chi connectivity index (χ4v) is 2.14. The molecule has 0 N–H and O–H groups in total. The third-order valence-corrected chi connectivity index (χ3v) is 3.47. The molecule has 0 aliphatic carbocycles. The zero-order valence-electron chi connectivity index (χ0n) is 12.4. The van der Waals surface area contributed by atoms with Crippen LogP contribution in [0.3, 0.4) is 0 Å². The number of rotatable bonds is 5. The van der Waals surface area contributed by atoms with Crippen molar-refractivity contribution in [1.29, 1.82) is 5.26 Å². The van der Waals surface area contributed by atoms with Crippen molar-refractivity contribution in [3.05, 3.63) is 71.0 Å². The average molecular weight is 296 g/mol. The number of carbonyl (C=O) groups excluding carboxylic acids is 1. The molecule has 0 aliphatic rings. The normalized spacial score (nSPS) is 10.0. The van der Waals surface area contributed by atoms with Crippen LogP contribution in [0, 0.1) is 17.1 Å². The van der Waals surface area contributed by atoms with E-state index in [0.717, 1.165) is 11.1 Å². The van der Waals surface area contributed by atoms with Crippen molar-refractivity contribution in [1.82, 2.24) is 4.90 Å². The first-order chi connectivity index (χ1) is 10.6. The Morgan fingerprint density at radius 3 is 2.27 bits per heavy atom. The molecule has 0 saturated heterocycles. The van der Waals surface area contributed by atoms with E-state index in [2.05, 4.69) is 6.07 Å². The minimum atomic E-state index is -0.270. The van der Waals surface area contributed by atoms with Crippen LogP contribution in [0.25, 0.3) is 0 Å². The summed E-state index contributed by atoms with van der Waals surface area (Å²) in [6, 6.07) is 15.5. The van der Waals surface area contributed by atoms with Crippen LogP contribution in [0.1, 0.15) is 23.1 Å². The summed E-state index contributed by atoms with van der Waals surface area (Å²) in [7, 11) is 1.76. The van der Waals surface area contributed by atoms with E-state index in [1.165, 1.54) is 12.1 Å². The van der Waals surface area contributed by atoms with Gasteiger partial charge < -0.3 is 4.90 Å². The summed E-state index contributed by atoms with van der Waals surface area (Å²) >= 11 is 0. The van der Waals surface area contributed by atoms with Gasteiger partial charge in [0, 0.05) is 20.0 Å². The molecular weight excluding hydrogens is 279 g/mol. The van der Waals surface area contributed by atoms with E-state index < -0.39 is 0 Å². The number of benzene rings is 2. The molecule has 0 bridgehead atoms. The molecule has 0 saturated carbocycles. The fraction of sp³-hybridized carbons (Fsp3) is 0.222. The first-order valence-corrected chi connectivity index (χ1v) is 7.06. The van der Waals surface area contributed by atoms with Crippen molar-refractivity contribution in [2.45, 2.75) is 19.4 Å². The molecule has 0 atom stereocenters. The molecule has 0 aromatic heterocycles. The second-order valence-electron chi connectivity index (χ2n) is 5.18. The first-order valence-electron chi connectivity index (χ1n) is 7.06. The lowest BCUT2D eigenvalue weighted by molar-refractivity contribution is -0.130. The van der Waals surface area contributed by atoms with Gasteiger partial charge in [0.1, 0.15) is 5.82 Å². The largest absolute Gasteiger partial charge is 0.341 e. The Hall–Kier alpha value is -2.67. The topological polar surface area (TPSA) is 44.1 Å². The van der Waals surface area contributed by atoms with Gasteiger partial charge in [-0.2, -0.15) is 5.26 Å². The molecule has 0 unspecified atom stereocenters. The van der Waals surface area contributed by atoms with Gasteiger partial charge in [-0.05, 0) is 41.8 Å². The summed E-state index contributed by atoms with van der Waals surface area (Å²) in [5.41, 5.74) is 2.53. The molecule has 2 aromatic rings. The number of aryl methyl sites for hydroxylation is 1. The van der Waals surface area contributed by atoms with Crippen molar-refractivity contribution in [2.75, 3.05) is 7.05 Å². The van der Waals surface area contributed by atoms with Gasteiger partial charge in [-0.25, -0.2) is 4.39 Å². The number of halogens is 1. The van der Waals surface area contributed by atoms with Gasteiger partial charge in [-0.1, -0.05) is 24.3 Å². The summed E-state index contributed by atoms with van der Waals surface area (Å²) in [4.78, 5) is 13.8.